The molecule has 4 nitrogen and oxygen atoms in total. The van der Waals surface area contributed by atoms with E-state index < -0.39 is 0 Å². The molecule has 0 saturated heterocycles. The summed E-state index contributed by atoms with van der Waals surface area (Å²) in [5, 5.41) is 10.6. The fourth-order valence-corrected chi connectivity index (χ4v) is 2.50. The van der Waals surface area contributed by atoms with Gasteiger partial charge in [-0.3, -0.25) is 4.98 Å². The van der Waals surface area contributed by atoms with Crippen LogP contribution in [0.2, 0.25) is 5.02 Å². The number of benzene rings is 1. The van der Waals surface area contributed by atoms with Gasteiger partial charge in [-0.2, -0.15) is 0 Å². The van der Waals surface area contributed by atoms with E-state index in [0.29, 0.717) is 10.6 Å². The maximum Gasteiger partial charge on any atom is 0.144 e. The maximum absolute atomic E-state index is 10.1. The van der Waals surface area contributed by atoms with Crippen molar-refractivity contribution in [3.8, 4) is 17.1 Å². The average Bonchev–Trinajstić information content (AvgIpc) is 2.78. The number of phenolic OH excluding ortho intramolecular Hbond substituents is 1. The highest BCUT2D eigenvalue weighted by molar-refractivity contribution is 6.30. The van der Waals surface area contributed by atoms with Crippen molar-refractivity contribution in [2.75, 3.05) is 0 Å². The van der Waals surface area contributed by atoms with Gasteiger partial charge in [-0.05, 0) is 30.7 Å². The van der Waals surface area contributed by atoms with Gasteiger partial charge in [0.2, 0.25) is 0 Å². The molecule has 2 heterocycles. The molecule has 0 saturated carbocycles. The smallest absolute Gasteiger partial charge is 0.144 e. The summed E-state index contributed by atoms with van der Waals surface area (Å²) in [6.07, 6.45) is 4.47. The van der Waals surface area contributed by atoms with Crippen LogP contribution in [-0.2, 0) is 6.54 Å². The first-order valence-electron chi connectivity index (χ1n) is 6.50. The van der Waals surface area contributed by atoms with Crippen molar-refractivity contribution in [3.63, 3.8) is 0 Å². The van der Waals surface area contributed by atoms with Crippen LogP contribution in [0.4, 0.5) is 0 Å². The molecule has 0 bridgehead atoms. The summed E-state index contributed by atoms with van der Waals surface area (Å²) in [7, 11) is 0. The molecule has 2 aromatic heterocycles. The van der Waals surface area contributed by atoms with Crippen molar-refractivity contribution in [1.29, 1.82) is 0 Å². The predicted molar refractivity (Wildman–Crippen MR) is 79.9 cm³/mol. The molecule has 1 N–H and O–H groups in total. The molecule has 20 heavy (non-hydrogen) atoms. The Morgan fingerprint density at radius 3 is 2.90 bits per heavy atom. The number of aryl methyl sites for hydroxylation is 1. The molecule has 102 valence electrons. The molecule has 0 atom stereocenters. The van der Waals surface area contributed by atoms with Crippen molar-refractivity contribution in [3.05, 3.63) is 41.7 Å². The largest absolute Gasteiger partial charge is 0.507 e. The second-order valence-corrected chi connectivity index (χ2v) is 5.05. The van der Waals surface area contributed by atoms with Crippen LogP contribution in [0.3, 0.4) is 0 Å². The summed E-state index contributed by atoms with van der Waals surface area (Å²) < 4.78 is 2.10. The molecular formula is C15H14ClN3O. The summed E-state index contributed by atoms with van der Waals surface area (Å²) in [6.45, 7) is 2.94. The number of fused-ring (bicyclic) bond motifs is 1. The number of aromatic nitrogens is 3. The number of aromatic hydroxyl groups is 1. The van der Waals surface area contributed by atoms with Gasteiger partial charge in [0.1, 0.15) is 17.1 Å². The molecule has 3 aromatic rings. The van der Waals surface area contributed by atoms with Crippen LogP contribution in [0.15, 0.2) is 36.7 Å². The van der Waals surface area contributed by atoms with Gasteiger partial charge < -0.3 is 9.67 Å². The highest BCUT2D eigenvalue weighted by atomic mass is 35.5. The van der Waals surface area contributed by atoms with Crippen molar-refractivity contribution in [2.45, 2.75) is 19.9 Å². The SMILES string of the molecule is CCCn1c(-c2ccc(Cl)cc2O)nc2cnccc21. The molecule has 0 unspecified atom stereocenters. The molecule has 0 amide bonds. The zero-order valence-corrected chi connectivity index (χ0v) is 11.8. The minimum atomic E-state index is 0.137. The van der Waals surface area contributed by atoms with E-state index >= 15 is 0 Å². The van der Waals surface area contributed by atoms with Crippen molar-refractivity contribution in [2.24, 2.45) is 0 Å². The van der Waals surface area contributed by atoms with Gasteiger partial charge in [-0.25, -0.2) is 4.98 Å². The number of pyridine rings is 1. The minimum absolute atomic E-state index is 0.137. The number of phenols is 1. The summed E-state index contributed by atoms with van der Waals surface area (Å²) in [5.41, 5.74) is 2.52. The lowest BCUT2D eigenvalue weighted by Crippen LogP contribution is -1.99. The van der Waals surface area contributed by atoms with E-state index in [1.165, 1.54) is 6.07 Å². The fraction of sp³-hybridized carbons (Fsp3) is 0.200. The van der Waals surface area contributed by atoms with E-state index in [1.54, 1.807) is 24.5 Å². The third-order valence-electron chi connectivity index (χ3n) is 3.20. The summed E-state index contributed by atoms with van der Waals surface area (Å²) >= 11 is 5.89. The topological polar surface area (TPSA) is 50.9 Å². The molecule has 0 spiro atoms. The van der Waals surface area contributed by atoms with Crippen LogP contribution in [0.1, 0.15) is 13.3 Å². The Hall–Kier alpha value is -2.07. The molecule has 0 radical (unpaired) electrons. The molecular weight excluding hydrogens is 274 g/mol. The quantitative estimate of drug-likeness (QED) is 0.795. The van der Waals surface area contributed by atoms with Crippen LogP contribution in [0.5, 0.6) is 5.75 Å². The number of nitrogens with zero attached hydrogens (tertiary/aromatic N) is 3. The lowest BCUT2D eigenvalue weighted by molar-refractivity contribution is 0.476. The Balaban J connectivity index is 2.26. The van der Waals surface area contributed by atoms with Crippen LogP contribution >= 0.6 is 11.6 Å². The fourth-order valence-electron chi connectivity index (χ4n) is 2.33. The molecule has 0 aliphatic carbocycles. The van der Waals surface area contributed by atoms with E-state index in [9.17, 15) is 5.11 Å². The molecule has 0 aliphatic heterocycles. The van der Waals surface area contributed by atoms with Crippen molar-refractivity contribution in [1.82, 2.24) is 14.5 Å². The number of hydrogen-bond donors (Lipinski definition) is 1. The highest BCUT2D eigenvalue weighted by Crippen LogP contribution is 2.33. The Morgan fingerprint density at radius 2 is 2.15 bits per heavy atom. The zero-order chi connectivity index (χ0) is 14.1. The first kappa shape index (κ1) is 12.9. The van der Waals surface area contributed by atoms with E-state index in [-0.39, 0.29) is 5.75 Å². The monoisotopic (exact) mass is 287 g/mol. The van der Waals surface area contributed by atoms with E-state index in [2.05, 4.69) is 21.5 Å². The first-order valence-corrected chi connectivity index (χ1v) is 6.87. The number of rotatable bonds is 3. The van der Waals surface area contributed by atoms with Gasteiger partial charge in [0.15, 0.2) is 0 Å². The summed E-state index contributed by atoms with van der Waals surface area (Å²) in [4.78, 5) is 8.69. The third kappa shape index (κ3) is 2.12. The number of hydrogen-bond acceptors (Lipinski definition) is 3. The normalized spacial score (nSPS) is 11.1. The van der Waals surface area contributed by atoms with Gasteiger partial charge in [-0.15, -0.1) is 0 Å². The zero-order valence-electron chi connectivity index (χ0n) is 11.0. The predicted octanol–water partition coefficient (Wildman–Crippen LogP) is 3.87. The molecule has 3 rings (SSSR count). The van der Waals surface area contributed by atoms with Gasteiger partial charge in [0.25, 0.3) is 0 Å². The molecule has 0 aliphatic rings. The lowest BCUT2D eigenvalue weighted by Gasteiger charge is -2.09. The Bertz CT molecular complexity index is 767. The average molecular weight is 288 g/mol. The first-order chi connectivity index (χ1) is 9.70. The highest BCUT2D eigenvalue weighted by Gasteiger charge is 2.15. The lowest BCUT2D eigenvalue weighted by atomic mass is 10.2. The second-order valence-electron chi connectivity index (χ2n) is 4.61. The van der Waals surface area contributed by atoms with E-state index in [1.807, 2.05) is 6.07 Å². The van der Waals surface area contributed by atoms with Crippen LogP contribution in [0.25, 0.3) is 22.4 Å². The van der Waals surface area contributed by atoms with Crippen molar-refractivity contribution >= 4 is 22.6 Å². The minimum Gasteiger partial charge on any atom is -0.507 e. The van der Waals surface area contributed by atoms with Gasteiger partial charge >= 0.3 is 0 Å². The summed E-state index contributed by atoms with van der Waals surface area (Å²) in [5.74, 6) is 0.877. The molecule has 1 aromatic carbocycles. The van der Waals surface area contributed by atoms with Crippen LogP contribution in [0, 0.1) is 0 Å². The number of halogens is 1. The van der Waals surface area contributed by atoms with Crippen molar-refractivity contribution < 1.29 is 5.11 Å². The van der Waals surface area contributed by atoms with Crippen LogP contribution in [-0.4, -0.2) is 19.6 Å². The standard InChI is InChI=1S/C15H14ClN3O/c1-2-7-19-13-5-6-17-9-12(13)18-15(19)11-4-3-10(16)8-14(11)20/h3-6,8-9,20H,2,7H2,1H3. The van der Waals surface area contributed by atoms with E-state index in [4.69, 9.17) is 11.6 Å². The van der Waals surface area contributed by atoms with E-state index in [0.717, 1.165) is 29.8 Å². The second kappa shape index (κ2) is 5.13. The van der Waals surface area contributed by atoms with Gasteiger partial charge in [-0.1, -0.05) is 18.5 Å². The maximum atomic E-state index is 10.1. The van der Waals surface area contributed by atoms with Gasteiger partial charge in [0.05, 0.1) is 17.3 Å². The Morgan fingerprint density at radius 1 is 1.30 bits per heavy atom. The molecule has 5 heteroatoms. The van der Waals surface area contributed by atoms with Crippen LogP contribution < -0.4 is 0 Å². The summed E-state index contributed by atoms with van der Waals surface area (Å²) in [6, 6.07) is 7.02. The Kier molecular flexibility index (Phi) is 3.32. The Labute approximate surface area is 121 Å². The van der Waals surface area contributed by atoms with Gasteiger partial charge in [0, 0.05) is 17.8 Å². The number of imidazole rings is 1. The third-order valence-corrected chi connectivity index (χ3v) is 3.43. The molecule has 0 fully saturated rings.